The average Bonchev–Trinajstić information content (AvgIpc) is 2.63. The zero-order valence-electron chi connectivity index (χ0n) is 15.2. The zero-order chi connectivity index (χ0) is 18.5. The minimum absolute atomic E-state index is 0.139. The molecule has 0 atom stereocenters. The van der Waals surface area contributed by atoms with E-state index >= 15 is 0 Å². The Hall–Kier alpha value is -2.54. The summed E-state index contributed by atoms with van der Waals surface area (Å²) in [5, 5.41) is 3.06. The van der Waals surface area contributed by atoms with E-state index in [0.29, 0.717) is 11.5 Å². The summed E-state index contributed by atoms with van der Waals surface area (Å²) in [7, 11) is 3.71. The average molecular weight is 357 g/mol. The number of carbonyl (C=O) groups is 1. The van der Waals surface area contributed by atoms with Gasteiger partial charge in [0.2, 0.25) is 5.95 Å². The fourth-order valence-corrected chi connectivity index (χ4v) is 3.07. The lowest BCUT2D eigenvalue weighted by Crippen LogP contribution is -2.44. The van der Waals surface area contributed by atoms with Crippen molar-refractivity contribution in [3.8, 4) is 0 Å². The smallest absolute Gasteiger partial charge is 0.254 e. The van der Waals surface area contributed by atoms with E-state index in [1.807, 2.05) is 20.2 Å². The number of nitrogens with zero attached hydrogens (tertiary/aromatic N) is 4. The van der Waals surface area contributed by atoms with Crippen molar-refractivity contribution < 1.29 is 9.18 Å². The molecule has 1 N–H and O–H groups in total. The molecular weight excluding hydrogens is 333 g/mol. The fraction of sp³-hybridized carbons (Fsp3) is 0.421. The van der Waals surface area contributed by atoms with Gasteiger partial charge < -0.3 is 10.2 Å². The summed E-state index contributed by atoms with van der Waals surface area (Å²) in [5.74, 6) is 0.234. The van der Waals surface area contributed by atoms with Gasteiger partial charge in [-0.05, 0) is 30.5 Å². The largest absolute Gasteiger partial charge is 0.349 e. The number of carbonyl (C=O) groups excluding carboxylic acids is 1. The molecule has 6 nitrogen and oxygen atoms in total. The molecule has 2 heterocycles. The monoisotopic (exact) mass is 357 g/mol. The van der Waals surface area contributed by atoms with Crippen LogP contribution < -0.4 is 10.2 Å². The van der Waals surface area contributed by atoms with Crippen LogP contribution in [0.25, 0.3) is 0 Å². The van der Waals surface area contributed by atoms with Crippen LogP contribution in [0.1, 0.15) is 28.8 Å². The molecule has 0 spiro atoms. The van der Waals surface area contributed by atoms with Crippen molar-refractivity contribution in [1.29, 1.82) is 0 Å². The first kappa shape index (κ1) is 18.3. The molecule has 0 unspecified atom stereocenters. The number of halogens is 1. The molecule has 0 bridgehead atoms. The van der Waals surface area contributed by atoms with Gasteiger partial charge in [-0.3, -0.25) is 9.69 Å². The molecule has 2 aromatic rings. The normalized spacial score (nSPS) is 15.7. The van der Waals surface area contributed by atoms with E-state index in [2.05, 4.69) is 20.2 Å². The predicted molar refractivity (Wildman–Crippen MR) is 98.5 cm³/mol. The number of hydrogen-bond donors (Lipinski definition) is 1. The Kier molecular flexibility index (Phi) is 5.78. The van der Waals surface area contributed by atoms with E-state index in [0.717, 1.165) is 38.0 Å². The van der Waals surface area contributed by atoms with E-state index in [-0.39, 0.29) is 17.8 Å². The number of hydrogen-bond acceptors (Lipinski definition) is 5. The van der Waals surface area contributed by atoms with Gasteiger partial charge in [0.25, 0.3) is 5.91 Å². The van der Waals surface area contributed by atoms with Crippen molar-refractivity contribution in [3.63, 3.8) is 0 Å². The number of amides is 1. The number of anilines is 1. The van der Waals surface area contributed by atoms with E-state index in [1.54, 1.807) is 29.4 Å². The van der Waals surface area contributed by atoms with Gasteiger partial charge in [0, 0.05) is 52.2 Å². The second-order valence-corrected chi connectivity index (χ2v) is 6.82. The van der Waals surface area contributed by atoms with Gasteiger partial charge in [0.15, 0.2) is 0 Å². The van der Waals surface area contributed by atoms with Gasteiger partial charge in [-0.1, -0.05) is 12.1 Å². The highest BCUT2D eigenvalue weighted by atomic mass is 19.1. The zero-order valence-corrected chi connectivity index (χ0v) is 15.2. The number of rotatable bonds is 5. The maximum Gasteiger partial charge on any atom is 0.254 e. The minimum Gasteiger partial charge on any atom is -0.349 e. The summed E-state index contributed by atoms with van der Waals surface area (Å²) in [5.41, 5.74) is 1.45. The molecule has 1 saturated heterocycles. The molecule has 0 saturated carbocycles. The Labute approximate surface area is 153 Å². The molecule has 1 aliphatic heterocycles. The SMILES string of the molecule is CN(C)c1ncc(C(=O)NC2CCN(Cc3cccc(F)c3)CC2)cn1. The first-order valence-electron chi connectivity index (χ1n) is 8.78. The number of nitrogens with one attached hydrogen (secondary N) is 1. The van der Waals surface area contributed by atoms with Crippen LogP contribution in [-0.2, 0) is 6.54 Å². The van der Waals surface area contributed by atoms with Gasteiger partial charge in [-0.2, -0.15) is 0 Å². The molecule has 3 rings (SSSR count). The summed E-state index contributed by atoms with van der Waals surface area (Å²) >= 11 is 0. The van der Waals surface area contributed by atoms with E-state index < -0.39 is 0 Å². The third-order valence-electron chi connectivity index (χ3n) is 4.52. The van der Waals surface area contributed by atoms with Gasteiger partial charge in [0.05, 0.1) is 5.56 Å². The lowest BCUT2D eigenvalue weighted by Gasteiger charge is -2.32. The quantitative estimate of drug-likeness (QED) is 0.888. The highest BCUT2D eigenvalue weighted by molar-refractivity contribution is 5.93. The van der Waals surface area contributed by atoms with E-state index in [9.17, 15) is 9.18 Å². The summed E-state index contributed by atoms with van der Waals surface area (Å²) in [6.07, 6.45) is 4.85. The maximum atomic E-state index is 13.3. The van der Waals surface area contributed by atoms with Crippen LogP contribution in [0.2, 0.25) is 0 Å². The highest BCUT2D eigenvalue weighted by Gasteiger charge is 2.21. The number of benzene rings is 1. The molecule has 0 aliphatic carbocycles. The van der Waals surface area contributed by atoms with Crippen LogP contribution in [0.4, 0.5) is 10.3 Å². The molecule has 1 amide bonds. The molecule has 0 radical (unpaired) electrons. The van der Waals surface area contributed by atoms with Gasteiger partial charge in [0.1, 0.15) is 5.82 Å². The Morgan fingerprint density at radius 3 is 2.58 bits per heavy atom. The highest BCUT2D eigenvalue weighted by Crippen LogP contribution is 2.15. The summed E-state index contributed by atoms with van der Waals surface area (Å²) in [6, 6.07) is 6.85. The maximum absolute atomic E-state index is 13.3. The Bertz CT molecular complexity index is 742. The minimum atomic E-state index is -0.202. The summed E-state index contributed by atoms with van der Waals surface area (Å²) < 4.78 is 13.3. The van der Waals surface area contributed by atoms with Crippen LogP contribution in [0.3, 0.4) is 0 Å². The second kappa shape index (κ2) is 8.23. The lowest BCUT2D eigenvalue weighted by molar-refractivity contribution is 0.0908. The Morgan fingerprint density at radius 2 is 1.96 bits per heavy atom. The summed E-state index contributed by atoms with van der Waals surface area (Å²) in [4.78, 5) is 24.8. The molecule has 1 fully saturated rings. The topological polar surface area (TPSA) is 61.4 Å². The molecule has 26 heavy (non-hydrogen) atoms. The molecule has 1 aromatic carbocycles. The Morgan fingerprint density at radius 1 is 1.27 bits per heavy atom. The number of likely N-dealkylation sites (tertiary alicyclic amines) is 1. The molecule has 7 heteroatoms. The molecule has 138 valence electrons. The van der Waals surface area contributed by atoms with Crippen LogP contribution in [0.5, 0.6) is 0 Å². The summed E-state index contributed by atoms with van der Waals surface area (Å²) in [6.45, 7) is 2.48. The predicted octanol–water partition coefficient (Wildman–Crippen LogP) is 2.08. The van der Waals surface area contributed by atoms with Gasteiger partial charge >= 0.3 is 0 Å². The third kappa shape index (κ3) is 4.76. The molecular formula is C19H24FN5O. The van der Waals surface area contributed by atoms with Gasteiger partial charge in [-0.15, -0.1) is 0 Å². The van der Waals surface area contributed by atoms with Crippen LogP contribution in [-0.4, -0.2) is 54.0 Å². The van der Waals surface area contributed by atoms with Crippen LogP contribution >= 0.6 is 0 Å². The number of aromatic nitrogens is 2. The van der Waals surface area contributed by atoms with Crippen molar-refractivity contribution in [2.45, 2.75) is 25.4 Å². The van der Waals surface area contributed by atoms with Crippen LogP contribution in [0.15, 0.2) is 36.7 Å². The van der Waals surface area contributed by atoms with Gasteiger partial charge in [-0.25, -0.2) is 14.4 Å². The van der Waals surface area contributed by atoms with Crippen molar-refractivity contribution in [1.82, 2.24) is 20.2 Å². The first-order chi connectivity index (χ1) is 12.5. The van der Waals surface area contributed by atoms with E-state index in [4.69, 9.17) is 0 Å². The van der Waals surface area contributed by atoms with Crippen LogP contribution in [0, 0.1) is 5.82 Å². The van der Waals surface area contributed by atoms with Crippen molar-refractivity contribution >= 4 is 11.9 Å². The van der Waals surface area contributed by atoms with Crippen molar-refractivity contribution in [2.75, 3.05) is 32.1 Å². The lowest BCUT2D eigenvalue weighted by atomic mass is 10.0. The Balaban J connectivity index is 1.48. The molecule has 1 aliphatic rings. The first-order valence-corrected chi connectivity index (χ1v) is 8.78. The second-order valence-electron chi connectivity index (χ2n) is 6.82. The molecule has 1 aromatic heterocycles. The van der Waals surface area contributed by atoms with Crippen molar-refractivity contribution in [3.05, 3.63) is 53.6 Å². The third-order valence-corrected chi connectivity index (χ3v) is 4.52. The number of piperidine rings is 1. The van der Waals surface area contributed by atoms with E-state index in [1.165, 1.54) is 6.07 Å². The standard InChI is InChI=1S/C19H24FN5O/c1-24(2)19-21-11-15(12-22-19)18(26)23-17-6-8-25(9-7-17)13-14-4-3-5-16(20)10-14/h3-5,10-12,17H,6-9,13H2,1-2H3,(H,23,26). The fourth-order valence-electron chi connectivity index (χ4n) is 3.07. The van der Waals surface area contributed by atoms with Crippen molar-refractivity contribution in [2.24, 2.45) is 0 Å².